The quantitative estimate of drug-likeness (QED) is 0.800. The summed E-state index contributed by atoms with van der Waals surface area (Å²) in [5.74, 6) is 0.924. The monoisotopic (exact) mass is 265 g/mol. The minimum Gasteiger partial charge on any atom is -0.496 e. The minimum absolute atomic E-state index is 0.331. The SMILES string of the molecule is COc1ccc(-c2ccccc2)c2c1C(C)=N[C@H](C)C2. The van der Waals surface area contributed by atoms with Crippen LogP contribution < -0.4 is 4.74 Å². The minimum atomic E-state index is 0.331. The van der Waals surface area contributed by atoms with Gasteiger partial charge in [-0.3, -0.25) is 4.99 Å². The van der Waals surface area contributed by atoms with Gasteiger partial charge in [-0.2, -0.15) is 0 Å². The van der Waals surface area contributed by atoms with Crippen molar-refractivity contribution in [3.63, 3.8) is 0 Å². The number of fused-ring (bicyclic) bond motifs is 1. The Morgan fingerprint density at radius 1 is 1.10 bits per heavy atom. The predicted molar refractivity (Wildman–Crippen MR) is 83.8 cm³/mol. The zero-order valence-corrected chi connectivity index (χ0v) is 12.2. The lowest BCUT2D eigenvalue weighted by Gasteiger charge is -2.24. The number of ether oxygens (including phenoxy) is 1. The summed E-state index contributed by atoms with van der Waals surface area (Å²) in [6, 6.07) is 15.1. The first-order chi connectivity index (χ1) is 9.70. The van der Waals surface area contributed by atoms with Gasteiger partial charge in [0.15, 0.2) is 0 Å². The topological polar surface area (TPSA) is 21.6 Å². The number of hydrogen-bond acceptors (Lipinski definition) is 2. The van der Waals surface area contributed by atoms with Gasteiger partial charge in [-0.05, 0) is 43.0 Å². The summed E-state index contributed by atoms with van der Waals surface area (Å²) in [6.45, 7) is 4.24. The highest BCUT2D eigenvalue weighted by molar-refractivity contribution is 6.05. The van der Waals surface area contributed by atoms with Gasteiger partial charge < -0.3 is 4.74 Å². The van der Waals surface area contributed by atoms with Gasteiger partial charge in [-0.1, -0.05) is 36.4 Å². The summed E-state index contributed by atoms with van der Waals surface area (Å²) in [5, 5.41) is 0. The number of aliphatic imine (C=N–C) groups is 1. The molecule has 0 saturated carbocycles. The van der Waals surface area contributed by atoms with Crippen LogP contribution in [0.25, 0.3) is 11.1 Å². The molecule has 0 amide bonds. The summed E-state index contributed by atoms with van der Waals surface area (Å²) in [7, 11) is 1.73. The van der Waals surface area contributed by atoms with Crippen LogP contribution >= 0.6 is 0 Å². The molecule has 0 saturated heterocycles. The zero-order chi connectivity index (χ0) is 14.1. The highest BCUT2D eigenvalue weighted by Gasteiger charge is 2.22. The molecule has 0 bridgehead atoms. The van der Waals surface area contributed by atoms with Crippen LogP contribution in [-0.2, 0) is 6.42 Å². The third-order valence-corrected chi connectivity index (χ3v) is 3.85. The van der Waals surface area contributed by atoms with E-state index in [1.807, 2.05) is 0 Å². The number of benzene rings is 2. The average molecular weight is 265 g/mol. The van der Waals surface area contributed by atoms with E-state index in [0.29, 0.717) is 6.04 Å². The molecule has 2 aromatic rings. The molecule has 0 fully saturated rings. The Morgan fingerprint density at radius 2 is 1.85 bits per heavy atom. The number of rotatable bonds is 2. The fourth-order valence-electron chi connectivity index (χ4n) is 3.03. The molecule has 1 aliphatic rings. The van der Waals surface area contributed by atoms with Gasteiger partial charge in [-0.25, -0.2) is 0 Å². The molecule has 2 nitrogen and oxygen atoms in total. The van der Waals surface area contributed by atoms with Crippen molar-refractivity contribution in [1.82, 2.24) is 0 Å². The molecule has 1 atom stereocenters. The fourth-order valence-corrected chi connectivity index (χ4v) is 3.03. The highest BCUT2D eigenvalue weighted by Crippen LogP contribution is 2.36. The van der Waals surface area contributed by atoms with E-state index in [-0.39, 0.29) is 0 Å². The first kappa shape index (κ1) is 12.9. The van der Waals surface area contributed by atoms with E-state index in [1.54, 1.807) is 7.11 Å². The standard InChI is InChI=1S/C18H19NO/c1-12-11-16-15(14-7-5-4-6-8-14)9-10-17(20-3)18(16)13(2)19-12/h4-10,12H,11H2,1-3H3/t12-/m1/s1. The lowest BCUT2D eigenvalue weighted by molar-refractivity contribution is 0.413. The summed E-state index contributed by atoms with van der Waals surface area (Å²) < 4.78 is 5.53. The Balaban J connectivity index is 2.25. The second-order valence-electron chi connectivity index (χ2n) is 5.30. The van der Waals surface area contributed by atoms with Crippen molar-refractivity contribution in [3.8, 4) is 16.9 Å². The lowest BCUT2D eigenvalue weighted by Crippen LogP contribution is -2.18. The second-order valence-corrected chi connectivity index (χ2v) is 5.30. The van der Waals surface area contributed by atoms with Crippen LogP contribution in [0.4, 0.5) is 0 Å². The maximum absolute atomic E-state index is 5.53. The molecule has 3 rings (SSSR count). The summed E-state index contributed by atoms with van der Waals surface area (Å²) in [4.78, 5) is 4.70. The van der Waals surface area contributed by atoms with Gasteiger partial charge in [-0.15, -0.1) is 0 Å². The third-order valence-electron chi connectivity index (χ3n) is 3.85. The summed E-state index contributed by atoms with van der Waals surface area (Å²) in [5.41, 5.74) is 6.16. The molecular weight excluding hydrogens is 246 g/mol. The van der Waals surface area contributed by atoms with Gasteiger partial charge >= 0.3 is 0 Å². The van der Waals surface area contributed by atoms with Gasteiger partial charge in [0.25, 0.3) is 0 Å². The van der Waals surface area contributed by atoms with E-state index in [9.17, 15) is 0 Å². The van der Waals surface area contributed by atoms with Crippen LogP contribution in [0.5, 0.6) is 5.75 Å². The van der Waals surface area contributed by atoms with Gasteiger partial charge in [0.05, 0.1) is 13.2 Å². The maximum atomic E-state index is 5.53. The van der Waals surface area contributed by atoms with Crippen molar-refractivity contribution >= 4 is 5.71 Å². The molecule has 1 heterocycles. The van der Waals surface area contributed by atoms with Gasteiger partial charge in [0.1, 0.15) is 5.75 Å². The van der Waals surface area contributed by atoms with Crippen molar-refractivity contribution in [2.75, 3.05) is 7.11 Å². The van der Waals surface area contributed by atoms with E-state index < -0.39 is 0 Å². The first-order valence-electron chi connectivity index (χ1n) is 7.00. The van der Waals surface area contributed by atoms with Crippen molar-refractivity contribution in [1.29, 1.82) is 0 Å². The molecule has 0 radical (unpaired) electrons. The van der Waals surface area contributed by atoms with Gasteiger partial charge in [0.2, 0.25) is 0 Å². The Labute approximate surface area is 120 Å². The average Bonchev–Trinajstić information content (AvgIpc) is 2.46. The van der Waals surface area contributed by atoms with Gasteiger partial charge in [0, 0.05) is 11.3 Å². The molecule has 0 aliphatic carbocycles. The van der Waals surface area contributed by atoms with Crippen LogP contribution in [-0.4, -0.2) is 18.9 Å². The van der Waals surface area contributed by atoms with Crippen LogP contribution in [0.1, 0.15) is 25.0 Å². The smallest absolute Gasteiger partial charge is 0.128 e. The molecule has 2 heteroatoms. The van der Waals surface area contributed by atoms with E-state index in [0.717, 1.165) is 17.9 Å². The molecule has 2 aromatic carbocycles. The lowest BCUT2D eigenvalue weighted by atomic mass is 9.87. The summed E-state index contributed by atoms with van der Waals surface area (Å²) >= 11 is 0. The Morgan fingerprint density at radius 3 is 2.55 bits per heavy atom. The number of hydrogen-bond donors (Lipinski definition) is 0. The molecule has 0 aromatic heterocycles. The molecule has 0 spiro atoms. The van der Waals surface area contributed by atoms with E-state index in [2.05, 4.69) is 56.3 Å². The second kappa shape index (κ2) is 5.12. The van der Waals surface area contributed by atoms with E-state index in [4.69, 9.17) is 9.73 Å². The molecule has 0 N–H and O–H groups in total. The van der Waals surface area contributed by atoms with Crippen LogP contribution in [0, 0.1) is 0 Å². The van der Waals surface area contributed by atoms with E-state index >= 15 is 0 Å². The van der Waals surface area contributed by atoms with Crippen molar-refractivity contribution < 1.29 is 4.74 Å². The van der Waals surface area contributed by atoms with Crippen LogP contribution in [0.3, 0.4) is 0 Å². The maximum Gasteiger partial charge on any atom is 0.128 e. The van der Waals surface area contributed by atoms with Crippen LogP contribution in [0.2, 0.25) is 0 Å². The van der Waals surface area contributed by atoms with Crippen molar-refractivity contribution in [2.45, 2.75) is 26.3 Å². The third kappa shape index (κ3) is 2.11. The number of nitrogens with zero attached hydrogens (tertiary/aromatic N) is 1. The normalized spacial score (nSPS) is 17.4. The Bertz CT molecular complexity index is 659. The number of methoxy groups -OCH3 is 1. The fraction of sp³-hybridized carbons (Fsp3) is 0.278. The Kier molecular flexibility index (Phi) is 3.31. The van der Waals surface area contributed by atoms with Crippen LogP contribution in [0.15, 0.2) is 47.5 Å². The molecule has 20 heavy (non-hydrogen) atoms. The van der Waals surface area contributed by atoms with E-state index in [1.165, 1.54) is 22.3 Å². The molecule has 102 valence electrons. The molecular formula is C18H19NO. The molecule has 1 aliphatic heterocycles. The Hall–Kier alpha value is -2.09. The largest absolute Gasteiger partial charge is 0.496 e. The van der Waals surface area contributed by atoms with Crippen molar-refractivity contribution in [2.24, 2.45) is 4.99 Å². The predicted octanol–water partition coefficient (Wildman–Crippen LogP) is 4.12. The first-order valence-corrected chi connectivity index (χ1v) is 7.00. The van der Waals surface area contributed by atoms with Crippen molar-refractivity contribution in [3.05, 3.63) is 53.6 Å². The summed E-state index contributed by atoms with van der Waals surface area (Å²) in [6.07, 6.45) is 0.966. The zero-order valence-electron chi connectivity index (χ0n) is 12.2. The molecule has 0 unspecified atom stereocenters. The highest BCUT2D eigenvalue weighted by atomic mass is 16.5.